The molecule has 2 aromatic carbocycles. The van der Waals surface area contributed by atoms with Crippen molar-refractivity contribution in [2.24, 2.45) is 0 Å². The number of aryl methyl sites for hydroxylation is 2. The fourth-order valence-corrected chi connectivity index (χ4v) is 3.94. The molecule has 3 rings (SSSR count). The second-order valence-electron chi connectivity index (χ2n) is 5.99. The number of para-hydroxylation sites is 1. The molecule has 0 saturated carbocycles. The zero-order chi connectivity index (χ0) is 19.2. The Morgan fingerprint density at radius 2 is 1.74 bits per heavy atom. The third-order valence-electron chi connectivity index (χ3n) is 4.29. The third kappa shape index (κ3) is 4.34. The quantitative estimate of drug-likeness (QED) is 0.441. The summed E-state index contributed by atoms with van der Waals surface area (Å²) in [7, 11) is 0. The molecule has 0 aliphatic heterocycles. The van der Waals surface area contributed by atoms with Crippen LogP contribution in [0.25, 0.3) is 5.69 Å². The summed E-state index contributed by atoms with van der Waals surface area (Å²) in [6.07, 6.45) is 1.79. The number of ether oxygens (including phenoxy) is 1. The van der Waals surface area contributed by atoms with Crippen LogP contribution in [0.3, 0.4) is 0 Å². The van der Waals surface area contributed by atoms with Gasteiger partial charge in [0, 0.05) is 5.75 Å². The Morgan fingerprint density at radius 1 is 1.07 bits per heavy atom. The van der Waals surface area contributed by atoms with Gasteiger partial charge < -0.3 is 9.84 Å². The zero-order valence-corrected chi connectivity index (χ0v) is 16.2. The van der Waals surface area contributed by atoms with Gasteiger partial charge in [0.05, 0.1) is 11.9 Å². The molecule has 3 aromatic rings. The average molecular weight is 382 g/mol. The molecule has 0 spiro atoms. The topological polar surface area (TPSA) is 64.3 Å². The smallest absolute Gasteiger partial charge is 0.449 e. The van der Waals surface area contributed by atoms with Crippen molar-refractivity contribution in [1.82, 2.24) is 9.55 Å². The van der Waals surface area contributed by atoms with Crippen LogP contribution in [0.1, 0.15) is 30.5 Å². The van der Waals surface area contributed by atoms with Crippen molar-refractivity contribution < 1.29 is 14.6 Å². The molecule has 0 saturated heterocycles. The lowest BCUT2D eigenvalue weighted by Gasteiger charge is -2.18. The molecular formula is C21H22N2O3S. The number of thioether (sulfide) groups is 1. The summed E-state index contributed by atoms with van der Waals surface area (Å²) in [5.74, 6) is 0.953. The third-order valence-corrected chi connectivity index (χ3v) is 5.31. The first-order valence-corrected chi connectivity index (χ1v) is 9.89. The number of nitrogens with zero attached hydrogens (tertiary/aromatic N) is 2. The number of imidazole rings is 1. The molecule has 0 atom stereocenters. The molecule has 5 nitrogen and oxygen atoms in total. The van der Waals surface area contributed by atoms with Crippen molar-refractivity contribution >= 4 is 17.9 Å². The Bertz CT molecular complexity index is 900. The van der Waals surface area contributed by atoms with Crippen molar-refractivity contribution in [3.8, 4) is 11.6 Å². The van der Waals surface area contributed by atoms with E-state index in [1.165, 1.54) is 11.8 Å². The second kappa shape index (κ2) is 8.77. The van der Waals surface area contributed by atoms with Crippen LogP contribution in [0.2, 0.25) is 0 Å². The first-order valence-electron chi connectivity index (χ1n) is 8.90. The van der Waals surface area contributed by atoms with E-state index in [0.29, 0.717) is 5.16 Å². The van der Waals surface area contributed by atoms with E-state index in [1.54, 1.807) is 11.8 Å². The van der Waals surface area contributed by atoms with Gasteiger partial charge in [-0.25, -0.2) is 9.78 Å². The monoisotopic (exact) mass is 382 g/mol. The molecule has 0 fully saturated rings. The summed E-state index contributed by atoms with van der Waals surface area (Å²) in [6, 6.07) is 16.3. The summed E-state index contributed by atoms with van der Waals surface area (Å²) in [4.78, 5) is 15.6. The molecule has 27 heavy (non-hydrogen) atoms. The van der Waals surface area contributed by atoms with Gasteiger partial charge in [-0.2, -0.15) is 0 Å². The van der Waals surface area contributed by atoms with Crippen LogP contribution in [-0.4, -0.2) is 20.8 Å². The highest BCUT2D eigenvalue weighted by molar-refractivity contribution is 7.98. The molecule has 140 valence electrons. The number of carboxylic acid groups (broad SMARTS) is 1. The molecule has 0 bridgehead atoms. The number of rotatable bonds is 7. The van der Waals surface area contributed by atoms with Gasteiger partial charge in [-0.05, 0) is 29.5 Å². The molecular weight excluding hydrogens is 360 g/mol. The maximum Gasteiger partial charge on any atom is 0.512 e. The van der Waals surface area contributed by atoms with E-state index in [-0.39, 0.29) is 5.88 Å². The largest absolute Gasteiger partial charge is 0.512 e. The normalized spacial score (nSPS) is 10.7. The standard InChI is InChI=1S/C21H22N2O3S/c1-3-16-11-8-12-17(4-2)19(16)23-18(26-21(24)25)13-22-20(23)27-14-15-9-6-5-7-10-15/h5-13H,3-4,14H2,1-2H3,(H,24,25). The maximum atomic E-state index is 11.2. The maximum absolute atomic E-state index is 11.2. The molecule has 1 heterocycles. The van der Waals surface area contributed by atoms with E-state index < -0.39 is 6.16 Å². The van der Waals surface area contributed by atoms with Crippen LogP contribution in [0.15, 0.2) is 59.9 Å². The van der Waals surface area contributed by atoms with E-state index in [0.717, 1.165) is 35.4 Å². The van der Waals surface area contributed by atoms with Gasteiger partial charge >= 0.3 is 6.16 Å². The molecule has 1 aromatic heterocycles. The van der Waals surface area contributed by atoms with Crippen molar-refractivity contribution in [3.63, 3.8) is 0 Å². The Balaban J connectivity index is 2.07. The van der Waals surface area contributed by atoms with Crippen LogP contribution in [0.5, 0.6) is 5.88 Å². The first kappa shape index (κ1) is 19.0. The Hall–Kier alpha value is -2.73. The van der Waals surface area contributed by atoms with Crippen molar-refractivity contribution in [3.05, 3.63) is 71.4 Å². The SMILES string of the molecule is CCc1cccc(CC)c1-n1c(OC(=O)O)cnc1SCc1ccccc1. The van der Waals surface area contributed by atoms with E-state index in [1.807, 2.05) is 28.8 Å². The van der Waals surface area contributed by atoms with E-state index in [4.69, 9.17) is 9.84 Å². The Labute approximate surface area is 163 Å². The molecule has 0 unspecified atom stereocenters. The highest BCUT2D eigenvalue weighted by Crippen LogP contribution is 2.33. The van der Waals surface area contributed by atoms with Gasteiger partial charge in [-0.15, -0.1) is 0 Å². The van der Waals surface area contributed by atoms with Gasteiger partial charge in [0.1, 0.15) is 0 Å². The number of benzene rings is 2. The minimum atomic E-state index is -1.34. The van der Waals surface area contributed by atoms with Gasteiger partial charge in [-0.1, -0.05) is 74.1 Å². The van der Waals surface area contributed by atoms with Crippen LogP contribution >= 0.6 is 11.8 Å². The predicted octanol–water partition coefficient (Wildman–Crippen LogP) is 5.35. The van der Waals surface area contributed by atoms with Crippen molar-refractivity contribution in [1.29, 1.82) is 0 Å². The predicted molar refractivity (Wildman–Crippen MR) is 107 cm³/mol. The van der Waals surface area contributed by atoms with Crippen LogP contribution in [-0.2, 0) is 18.6 Å². The summed E-state index contributed by atoms with van der Waals surface area (Å²) in [5.41, 5.74) is 4.40. The van der Waals surface area contributed by atoms with E-state index in [2.05, 4.69) is 43.1 Å². The van der Waals surface area contributed by atoms with Crippen molar-refractivity contribution in [2.75, 3.05) is 0 Å². The van der Waals surface area contributed by atoms with Gasteiger partial charge in [0.2, 0.25) is 5.88 Å². The van der Waals surface area contributed by atoms with Gasteiger partial charge in [0.15, 0.2) is 5.16 Å². The number of hydrogen-bond acceptors (Lipinski definition) is 4. The minimum absolute atomic E-state index is 0.216. The summed E-state index contributed by atoms with van der Waals surface area (Å²) >= 11 is 1.56. The number of hydrogen-bond donors (Lipinski definition) is 1. The van der Waals surface area contributed by atoms with Gasteiger partial charge in [0.25, 0.3) is 0 Å². The highest BCUT2D eigenvalue weighted by Gasteiger charge is 2.20. The molecule has 0 amide bonds. The second-order valence-corrected chi connectivity index (χ2v) is 6.93. The molecule has 0 aliphatic rings. The lowest BCUT2D eigenvalue weighted by atomic mass is 10.0. The molecule has 6 heteroatoms. The van der Waals surface area contributed by atoms with Crippen LogP contribution in [0.4, 0.5) is 4.79 Å². The van der Waals surface area contributed by atoms with Crippen LogP contribution in [0, 0.1) is 0 Å². The van der Waals surface area contributed by atoms with E-state index in [9.17, 15) is 4.79 Å². The van der Waals surface area contributed by atoms with E-state index >= 15 is 0 Å². The van der Waals surface area contributed by atoms with Crippen molar-refractivity contribution in [2.45, 2.75) is 37.6 Å². The summed E-state index contributed by atoms with van der Waals surface area (Å²) < 4.78 is 6.87. The molecule has 0 aliphatic carbocycles. The number of aromatic nitrogens is 2. The first-order chi connectivity index (χ1) is 13.1. The Morgan fingerprint density at radius 3 is 2.33 bits per heavy atom. The lowest BCUT2D eigenvalue weighted by molar-refractivity contribution is 0.141. The van der Waals surface area contributed by atoms with Crippen LogP contribution < -0.4 is 4.74 Å². The summed E-state index contributed by atoms with van der Waals surface area (Å²) in [5, 5.41) is 9.85. The Kier molecular flexibility index (Phi) is 6.19. The highest BCUT2D eigenvalue weighted by atomic mass is 32.2. The lowest BCUT2D eigenvalue weighted by Crippen LogP contribution is -2.11. The summed E-state index contributed by atoms with van der Waals surface area (Å²) in [6.45, 7) is 4.17. The average Bonchev–Trinajstić information content (AvgIpc) is 3.07. The molecule has 1 N–H and O–H groups in total. The zero-order valence-electron chi connectivity index (χ0n) is 15.4. The van der Waals surface area contributed by atoms with Gasteiger partial charge in [-0.3, -0.25) is 4.57 Å². The minimum Gasteiger partial charge on any atom is -0.449 e. The number of carbonyl (C=O) groups is 1. The fourth-order valence-electron chi connectivity index (χ4n) is 3.01. The molecule has 0 radical (unpaired) electrons. The fraction of sp³-hybridized carbons (Fsp3) is 0.238.